The van der Waals surface area contributed by atoms with Crippen molar-refractivity contribution in [3.63, 3.8) is 0 Å². The quantitative estimate of drug-likeness (QED) is 0.477. The molecule has 0 saturated carbocycles. The number of furan rings is 1. The minimum absolute atomic E-state index is 0.107. The van der Waals surface area contributed by atoms with Crippen molar-refractivity contribution in [2.75, 3.05) is 25.1 Å². The molecule has 6 heteroatoms. The standard InChI is InChI=1S/C23H19N3O3/c1-24-20(23-25-19-5-3-4-6-22(19)29-23)15-18-11-12-21(28-18)16-7-9-17(10-8-16)26(2)13-14-27/h3-12,15,27H,13-14H2,2H3/b20-15-. The average Bonchev–Trinajstić information content (AvgIpc) is 3.39. The molecule has 0 saturated heterocycles. The fourth-order valence-electron chi connectivity index (χ4n) is 3.00. The van der Waals surface area contributed by atoms with Crippen molar-refractivity contribution in [2.24, 2.45) is 0 Å². The number of anilines is 1. The van der Waals surface area contributed by atoms with Gasteiger partial charge in [0.1, 0.15) is 17.0 Å². The Labute approximate surface area is 168 Å². The summed E-state index contributed by atoms with van der Waals surface area (Å²) in [6.45, 7) is 8.16. The van der Waals surface area contributed by atoms with Crippen LogP contribution in [0.25, 0.3) is 39.0 Å². The number of hydrogen-bond donors (Lipinski definition) is 1. The molecule has 0 atom stereocenters. The summed E-state index contributed by atoms with van der Waals surface area (Å²) < 4.78 is 11.6. The van der Waals surface area contributed by atoms with Crippen molar-refractivity contribution >= 4 is 28.6 Å². The average molecular weight is 385 g/mol. The Morgan fingerprint density at radius 1 is 1.10 bits per heavy atom. The van der Waals surface area contributed by atoms with Crippen LogP contribution in [-0.2, 0) is 0 Å². The summed E-state index contributed by atoms with van der Waals surface area (Å²) in [6.07, 6.45) is 1.63. The molecular weight excluding hydrogens is 366 g/mol. The number of benzene rings is 2. The minimum atomic E-state index is 0.107. The molecule has 144 valence electrons. The van der Waals surface area contributed by atoms with Gasteiger partial charge in [0.2, 0.25) is 5.89 Å². The molecule has 6 nitrogen and oxygen atoms in total. The zero-order chi connectivity index (χ0) is 20.2. The van der Waals surface area contributed by atoms with Crippen LogP contribution in [0.1, 0.15) is 11.7 Å². The minimum Gasteiger partial charge on any atom is -0.458 e. The molecule has 0 aliphatic rings. The first kappa shape index (κ1) is 18.5. The second kappa shape index (κ2) is 8.05. The molecular formula is C23H19N3O3. The number of hydrogen-bond acceptors (Lipinski definition) is 5. The lowest BCUT2D eigenvalue weighted by molar-refractivity contribution is 0.304. The van der Waals surface area contributed by atoms with Gasteiger partial charge in [-0.15, -0.1) is 0 Å². The van der Waals surface area contributed by atoms with E-state index in [2.05, 4.69) is 9.83 Å². The van der Waals surface area contributed by atoms with E-state index in [9.17, 15) is 0 Å². The normalized spacial score (nSPS) is 11.6. The molecule has 0 fully saturated rings. The van der Waals surface area contributed by atoms with Crippen LogP contribution in [0.3, 0.4) is 0 Å². The maximum Gasteiger partial charge on any atom is 0.251 e. The van der Waals surface area contributed by atoms with Crippen molar-refractivity contribution in [3.8, 4) is 11.3 Å². The predicted octanol–water partition coefficient (Wildman–Crippen LogP) is 4.93. The zero-order valence-corrected chi connectivity index (χ0v) is 15.9. The first-order valence-corrected chi connectivity index (χ1v) is 9.15. The zero-order valence-electron chi connectivity index (χ0n) is 15.9. The lowest BCUT2D eigenvalue weighted by atomic mass is 10.1. The molecule has 0 spiro atoms. The SMILES string of the molecule is [C-]#[N+]/C(=C\c1ccc(-c2ccc(N(C)CCO)cc2)o1)c1nc2ccccc2o1. The Morgan fingerprint density at radius 3 is 2.62 bits per heavy atom. The number of rotatable bonds is 6. The second-order valence-corrected chi connectivity index (χ2v) is 6.52. The van der Waals surface area contributed by atoms with Gasteiger partial charge in [-0.25, -0.2) is 9.83 Å². The number of aliphatic hydroxyl groups excluding tert-OH is 1. The van der Waals surface area contributed by atoms with Gasteiger partial charge in [0.15, 0.2) is 5.58 Å². The lowest BCUT2D eigenvalue weighted by Crippen LogP contribution is -2.20. The van der Waals surface area contributed by atoms with Gasteiger partial charge in [-0.3, -0.25) is 0 Å². The van der Waals surface area contributed by atoms with Gasteiger partial charge in [-0.1, -0.05) is 12.1 Å². The van der Waals surface area contributed by atoms with Crippen LogP contribution in [0, 0.1) is 6.57 Å². The van der Waals surface area contributed by atoms with E-state index in [1.54, 1.807) is 6.08 Å². The maximum atomic E-state index is 9.05. The van der Waals surface area contributed by atoms with Crippen molar-refractivity contribution in [3.05, 3.63) is 83.7 Å². The summed E-state index contributed by atoms with van der Waals surface area (Å²) in [5.41, 5.74) is 3.58. The third-order valence-corrected chi connectivity index (χ3v) is 4.57. The van der Waals surface area contributed by atoms with Crippen LogP contribution in [-0.4, -0.2) is 30.3 Å². The van der Waals surface area contributed by atoms with Crippen LogP contribution in [0.2, 0.25) is 0 Å². The van der Waals surface area contributed by atoms with Gasteiger partial charge in [0.05, 0.1) is 13.2 Å². The number of oxazole rings is 1. The highest BCUT2D eigenvalue weighted by Gasteiger charge is 2.12. The summed E-state index contributed by atoms with van der Waals surface area (Å²) in [7, 11) is 1.93. The number of likely N-dealkylation sites (N-methyl/N-ethyl adjacent to an activating group) is 1. The fraction of sp³-hybridized carbons (Fsp3) is 0.130. The third kappa shape index (κ3) is 3.91. The van der Waals surface area contributed by atoms with Gasteiger partial charge in [0.25, 0.3) is 5.70 Å². The van der Waals surface area contributed by atoms with E-state index in [1.807, 2.05) is 72.6 Å². The summed E-state index contributed by atoms with van der Waals surface area (Å²) in [5.74, 6) is 1.53. The van der Waals surface area contributed by atoms with Gasteiger partial charge >= 0.3 is 0 Å². The number of para-hydroxylation sites is 2. The van der Waals surface area contributed by atoms with Crippen molar-refractivity contribution in [2.45, 2.75) is 0 Å². The highest BCUT2D eigenvalue weighted by Crippen LogP contribution is 2.28. The largest absolute Gasteiger partial charge is 0.458 e. The van der Waals surface area contributed by atoms with E-state index in [-0.39, 0.29) is 18.2 Å². The Morgan fingerprint density at radius 2 is 1.90 bits per heavy atom. The molecule has 0 unspecified atom stereocenters. The third-order valence-electron chi connectivity index (χ3n) is 4.57. The van der Waals surface area contributed by atoms with E-state index >= 15 is 0 Å². The molecule has 2 aromatic heterocycles. The predicted molar refractivity (Wildman–Crippen MR) is 113 cm³/mol. The Hall–Kier alpha value is -3.82. The maximum absolute atomic E-state index is 9.05. The first-order valence-electron chi connectivity index (χ1n) is 9.15. The molecule has 1 N–H and O–H groups in total. The summed E-state index contributed by atoms with van der Waals surface area (Å²) >= 11 is 0. The van der Waals surface area contributed by atoms with Crippen LogP contribution in [0.15, 0.2) is 69.5 Å². The first-order chi connectivity index (χ1) is 14.2. The molecule has 2 heterocycles. The van der Waals surface area contributed by atoms with E-state index < -0.39 is 0 Å². The molecule has 4 aromatic rings. The monoisotopic (exact) mass is 385 g/mol. The molecule has 0 aliphatic heterocycles. The van der Waals surface area contributed by atoms with Crippen molar-refractivity contribution in [1.82, 2.24) is 4.98 Å². The summed E-state index contributed by atoms with van der Waals surface area (Å²) in [6, 6.07) is 19.0. The summed E-state index contributed by atoms with van der Waals surface area (Å²) in [5, 5.41) is 9.05. The Bertz CT molecular complexity index is 1160. The van der Waals surface area contributed by atoms with E-state index in [1.165, 1.54) is 0 Å². The highest BCUT2D eigenvalue weighted by atomic mass is 16.4. The van der Waals surface area contributed by atoms with Gasteiger partial charge in [-0.2, -0.15) is 0 Å². The molecule has 2 aromatic carbocycles. The highest BCUT2D eigenvalue weighted by molar-refractivity contribution is 5.84. The topological polar surface area (TPSA) is 67.0 Å². The van der Waals surface area contributed by atoms with Crippen LogP contribution >= 0.6 is 0 Å². The smallest absolute Gasteiger partial charge is 0.251 e. The molecule has 29 heavy (non-hydrogen) atoms. The van der Waals surface area contributed by atoms with E-state index in [0.717, 1.165) is 11.3 Å². The summed E-state index contributed by atoms with van der Waals surface area (Å²) in [4.78, 5) is 9.90. The van der Waals surface area contributed by atoms with Crippen LogP contribution < -0.4 is 4.90 Å². The van der Waals surface area contributed by atoms with Crippen molar-refractivity contribution in [1.29, 1.82) is 0 Å². The fourth-order valence-corrected chi connectivity index (χ4v) is 3.00. The van der Waals surface area contributed by atoms with Crippen LogP contribution in [0.4, 0.5) is 5.69 Å². The van der Waals surface area contributed by atoms with E-state index in [0.29, 0.717) is 29.2 Å². The number of nitrogens with zero attached hydrogens (tertiary/aromatic N) is 3. The molecule has 0 bridgehead atoms. The number of aromatic nitrogens is 1. The number of aliphatic hydroxyl groups is 1. The van der Waals surface area contributed by atoms with Gasteiger partial charge < -0.3 is 18.8 Å². The number of fused-ring (bicyclic) bond motifs is 1. The van der Waals surface area contributed by atoms with Crippen LogP contribution in [0.5, 0.6) is 0 Å². The Balaban J connectivity index is 1.58. The van der Waals surface area contributed by atoms with Gasteiger partial charge in [-0.05, 0) is 54.6 Å². The molecule has 0 amide bonds. The van der Waals surface area contributed by atoms with E-state index in [4.69, 9.17) is 20.5 Å². The second-order valence-electron chi connectivity index (χ2n) is 6.52. The van der Waals surface area contributed by atoms with Gasteiger partial charge in [0, 0.05) is 24.8 Å². The molecule has 4 rings (SSSR count). The van der Waals surface area contributed by atoms with Crippen molar-refractivity contribution < 1.29 is 13.9 Å². The molecule has 0 radical (unpaired) electrons. The Kier molecular flexibility index (Phi) is 5.14. The lowest BCUT2D eigenvalue weighted by Gasteiger charge is -2.17. The molecule has 0 aliphatic carbocycles.